The van der Waals surface area contributed by atoms with Crippen molar-refractivity contribution in [1.82, 2.24) is 4.57 Å². The topological polar surface area (TPSA) is 4.93 Å². The van der Waals surface area contributed by atoms with Gasteiger partial charge in [-0.15, -0.1) is 0 Å². The first kappa shape index (κ1) is 38.1. The molecule has 15 aromatic rings. The van der Waals surface area contributed by atoms with E-state index in [9.17, 15) is 0 Å². The Labute approximate surface area is 398 Å². The van der Waals surface area contributed by atoms with Crippen molar-refractivity contribution in [3.05, 3.63) is 249 Å². The number of rotatable bonds is 4. The van der Waals surface area contributed by atoms with E-state index >= 15 is 0 Å². The van der Waals surface area contributed by atoms with E-state index < -0.39 is 0 Å². The predicted octanol–water partition coefficient (Wildman–Crippen LogP) is 19.0. The number of hydrogen-bond donors (Lipinski definition) is 0. The third kappa shape index (κ3) is 5.71. The highest BCUT2D eigenvalue weighted by atomic mass is 15.0. The molecule has 0 aliphatic carbocycles. The number of nitrogens with zero attached hydrogens (tertiary/aromatic N) is 1. The summed E-state index contributed by atoms with van der Waals surface area (Å²) in [6.07, 6.45) is 0. The van der Waals surface area contributed by atoms with E-state index in [0.29, 0.717) is 0 Å². The third-order valence-corrected chi connectivity index (χ3v) is 15.0. The second kappa shape index (κ2) is 14.7. The van der Waals surface area contributed by atoms with Gasteiger partial charge in [-0.2, -0.15) is 0 Å². The molecule has 1 nitrogen and oxygen atoms in total. The van der Waals surface area contributed by atoms with Crippen LogP contribution in [0.3, 0.4) is 0 Å². The lowest BCUT2D eigenvalue weighted by Gasteiger charge is -2.20. The summed E-state index contributed by atoms with van der Waals surface area (Å²) in [5, 5.41) is 22.6. The van der Waals surface area contributed by atoms with Crippen LogP contribution in [0.2, 0.25) is 0 Å². The molecular formula is C68H41N. The summed E-state index contributed by atoms with van der Waals surface area (Å²) < 4.78 is 2.47. The molecule has 0 N–H and O–H groups in total. The van der Waals surface area contributed by atoms with Crippen LogP contribution in [0.4, 0.5) is 0 Å². The van der Waals surface area contributed by atoms with Crippen molar-refractivity contribution in [2.45, 2.75) is 0 Å². The van der Waals surface area contributed by atoms with Crippen LogP contribution in [-0.2, 0) is 0 Å². The van der Waals surface area contributed by atoms with Crippen LogP contribution in [0.15, 0.2) is 249 Å². The average molecular weight is 872 g/mol. The van der Waals surface area contributed by atoms with Crippen LogP contribution >= 0.6 is 0 Å². The maximum absolute atomic E-state index is 2.49. The Bertz CT molecular complexity index is 4500. The SMILES string of the molecule is c1ccc2cc3cc(-c4c5ccccc5c(-c5ccc(-n6c7ccc8ccccc8c7c7c8ccccc8ccc76)cc5)c5ccc(-c6c7ccccc7cc7ccccc67)cc45)ccc3cc2c1. The molecule has 0 unspecified atom stereocenters. The van der Waals surface area contributed by atoms with Crippen LogP contribution < -0.4 is 0 Å². The van der Waals surface area contributed by atoms with Crippen molar-refractivity contribution >= 4 is 108 Å². The first-order valence-corrected chi connectivity index (χ1v) is 24.0. The minimum absolute atomic E-state index is 1.14. The lowest BCUT2D eigenvalue weighted by atomic mass is 9.83. The summed E-state index contributed by atoms with van der Waals surface area (Å²) in [5.41, 5.74) is 11.0. The lowest BCUT2D eigenvalue weighted by Crippen LogP contribution is -1.95. The van der Waals surface area contributed by atoms with Crippen LogP contribution in [-0.4, -0.2) is 4.57 Å². The standard InChI is InChI=1S/C68H41N/c1-2-16-46-38-52-40-50(26-25-47(52)37-45(46)15-1)66-59-24-12-11-23-58(59)64(60-34-29-51(41-61(60)66)65-56-21-9-5-17-48(56)39-49-18-6-10-22-57(49)65)44-27-32-53(33-28-44)69-62-35-30-42-13-3-7-19-54(42)67(62)68-55-20-8-4-14-43(55)31-36-63(68)69/h1-41H. The van der Waals surface area contributed by atoms with Crippen molar-refractivity contribution in [3.8, 4) is 39.1 Å². The van der Waals surface area contributed by atoms with E-state index in [2.05, 4.69) is 253 Å². The molecule has 1 heterocycles. The molecule has 0 aliphatic heterocycles. The van der Waals surface area contributed by atoms with Gasteiger partial charge in [0.1, 0.15) is 0 Å². The van der Waals surface area contributed by atoms with Crippen molar-refractivity contribution in [2.24, 2.45) is 0 Å². The molecule has 0 atom stereocenters. The normalized spacial score (nSPS) is 12.1. The molecule has 0 saturated heterocycles. The molecule has 1 aromatic heterocycles. The van der Waals surface area contributed by atoms with E-state index in [4.69, 9.17) is 0 Å². The second-order valence-electron chi connectivity index (χ2n) is 18.8. The highest BCUT2D eigenvalue weighted by Gasteiger charge is 2.21. The van der Waals surface area contributed by atoms with Crippen molar-refractivity contribution in [2.75, 3.05) is 0 Å². The number of fused-ring (bicyclic) bond motifs is 13. The van der Waals surface area contributed by atoms with Crippen LogP contribution in [0, 0.1) is 0 Å². The number of hydrogen-bond acceptors (Lipinski definition) is 0. The van der Waals surface area contributed by atoms with Gasteiger partial charge in [0.2, 0.25) is 0 Å². The summed E-state index contributed by atoms with van der Waals surface area (Å²) in [6.45, 7) is 0. The first-order chi connectivity index (χ1) is 34.2. The van der Waals surface area contributed by atoms with Gasteiger partial charge in [-0.3, -0.25) is 0 Å². The van der Waals surface area contributed by atoms with Gasteiger partial charge in [-0.1, -0.05) is 194 Å². The Morgan fingerprint density at radius 2 is 0.580 bits per heavy atom. The Morgan fingerprint density at radius 3 is 1.17 bits per heavy atom. The van der Waals surface area contributed by atoms with Gasteiger partial charge in [0.15, 0.2) is 0 Å². The maximum atomic E-state index is 2.49. The van der Waals surface area contributed by atoms with E-state index in [-0.39, 0.29) is 0 Å². The molecule has 0 bridgehead atoms. The first-order valence-electron chi connectivity index (χ1n) is 24.0. The zero-order valence-corrected chi connectivity index (χ0v) is 37.6. The maximum Gasteiger partial charge on any atom is 0.0547 e. The molecule has 0 fully saturated rings. The fraction of sp³-hybridized carbons (Fsp3) is 0. The summed E-state index contributed by atoms with van der Waals surface area (Å²) in [7, 11) is 0. The molecule has 0 aliphatic rings. The van der Waals surface area contributed by atoms with Crippen LogP contribution in [0.1, 0.15) is 0 Å². The molecule has 15 rings (SSSR count). The van der Waals surface area contributed by atoms with Gasteiger partial charge in [0.05, 0.1) is 11.0 Å². The molecule has 0 radical (unpaired) electrons. The van der Waals surface area contributed by atoms with E-state index in [1.807, 2.05) is 0 Å². The van der Waals surface area contributed by atoms with Gasteiger partial charge in [0, 0.05) is 16.5 Å². The van der Waals surface area contributed by atoms with Crippen molar-refractivity contribution in [1.29, 1.82) is 0 Å². The minimum atomic E-state index is 1.14. The Kier molecular flexibility index (Phi) is 8.13. The van der Waals surface area contributed by atoms with Crippen LogP contribution in [0.5, 0.6) is 0 Å². The van der Waals surface area contributed by atoms with E-state index in [1.165, 1.54) is 141 Å². The fourth-order valence-electron chi connectivity index (χ4n) is 12.0. The summed E-state index contributed by atoms with van der Waals surface area (Å²) in [6, 6.07) is 92.9. The Morgan fingerprint density at radius 1 is 0.203 bits per heavy atom. The molecule has 0 amide bonds. The van der Waals surface area contributed by atoms with Crippen LogP contribution in [0.25, 0.3) is 147 Å². The van der Waals surface area contributed by atoms with Gasteiger partial charge < -0.3 is 4.57 Å². The smallest absolute Gasteiger partial charge is 0.0547 e. The molecule has 0 spiro atoms. The molecule has 69 heavy (non-hydrogen) atoms. The number of benzene rings is 14. The van der Waals surface area contributed by atoms with Gasteiger partial charge in [0.25, 0.3) is 0 Å². The highest BCUT2D eigenvalue weighted by Crippen LogP contribution is 2.48. The summed E-state index contributed by atoms with van der Waals surface area (Å²) >= 11 is 0. The van der Waals surface area contributed by atoms with Gasteiger partial charge in [-0.25, -0.2) is 0 Å². The summed E-state index contributed by atoms with van der Waals surface area (Å²) in [5.74, 6) is 0. The Hall–Kier alpha value is -9.04. The average Bonchev–Trinajstić information content (AvgIpc) is 3.76. The second-order valence-corrected chi connectivity index (χ2v) is 18.8. The molecule has 14 aromatic carbocycles. The van der Waals surface area contributed by atoms with Crippen molar-refractivity contribution < 1.29 is 0 Å². The Balaban J connectivity index is 0.996. The molecule has 318 valence electrons. The van der Waals surface area contributed by atoms with Gasteiger partial charge >= 0.3 is 0 Å². The molecular weight excluding hydrogens is 831 g/mol. The summed E-state index contributed by atoms with van der Waals surface area (Å²) in [4.78, 5) is 0. The van der Waals surface area contributed by atoms with Gasteiger partial charge in [-0.05, 0) is 174 Å². The highest BCUT2D eigenvalue weighted by molar-refractivity contribution is 6.29. The molecule has 1 heteroatoms. The minimum Gasteiger partial charge on any atom is -0.309 e. The predicted molar refractivity (Wildman–Crippen MR) is 297 cm³/mol. The molecule has 0 saturated carbocycles. The van der Waals surface area contributed by atoms with E-state index in [1.54, 1.807) is 0 Å². The fourth-order valence-corrected chi connectivity index (χ4v) is 12.0. The van der Waals surface area contributed by atoms with E-state index in [0.717, 1.165) is 5.69 Å². The zero-order chi connectivity index (χ0) is 45.2. The third-order valence-electron chi connectivity index (χ3n) is 15.0. The quantitative estimate of drug-likeness (QED) is 0.155. The number of aromatic nitrogens is 1. The largest absolute Gasteiger partial charge is 0.309 e. The monoisotopic (exact) mass is 871 g/mol. The lowest BCUT2D eigenvalue weighted by molar-refractivity contribution is 1.18. The zero-order valence-electron chi connectivity index (χ0n) is 37.6. The van der Waals surface area contributed by atoms with Crippen molar-refractivity contribution in [3.63, 3.8) is 0 Å².